The molecule has 0 spiro atoms. The van der Waals surface area contributed by atoms with Crippen molar-refractivity contribution in [2.24, 2.45) is 11.8 Å². The Morgan fingerprint density at radius 3 is 1.62 bits per heavy atom. The average Bonchev–Trinajstić information content (AvgIpc) is 3.20. The van der Waals surface area contributed by atoms with Gasteiger partial charge >= 0.3 is 11.9 Å². The number of fused-ring (bicyclic) bond motifs is 3. The number of amides is 4. The molecule has 4 rings (SSSR count). The summed E-state index contributed by atoms with van der Waals surface area (Å²) in [5, 5.41) is 0. The molecule has 10 heteroatoms. The number of benzene rings is 1. The van der Waals surface area contributed by atoms with Gasteiger partial charge in [-0.15, -0.1) is 0 Å². The molecule has 2 heterocycles. The molecule has 2 atom stereocenters. The minimum Gasteiger partial charge on any atom is -0.461 e. The smallest absolute Gasteiger partial charge is 0.330 e. The lowest BCUT2D eigenvalue weighted by molar-refractivity contribution is -0.145. The first kappa shape index (κ1) is 23.1. The summed E-state index contributed by atoms with van der Waals surface area (Å²) < 4.78 is 9.75. The maximum Gasteiger partial charge on any atom is 0.330 e. The molecule has 1 aromatic carbocycles. The van der Waals surface area contributed by atoms with Gasteiger partial charge in [-0.1, -0.05) is 13.2 Å². The Balaban J connectivity index is 1.49. The van der Waals surface area contributed by atoms with Crippen LogP contribution in [0.4, 0.5) is 0 Å². The third-order valence-electron chi connectivity index (χ3n) is 6.27. The summed E-state index contributed by atoms with van der Waals surface area (Å²) in [6.45, 7) is 6.17. The van der Waals surface area contributed by atoms with Crippen LogP contribution in [-0.2, 0) is 41.5 Å². The highest BCUT2D eigenvalue weighted by Crippen LogP contribution is 2.39. The fourth-order valence-corrected chi connectivity index (χ4v) is 4.61. The fraction of sp³-hybridized carbons (Fsp3) is 0.333. The SMILES string of the molecule is C=CC(=O)OCCN1C(=O)c2cc3c(cc2C1=O)CC1C(=O)N(CCOC(=O)C=C)C(=O)C1C3. The van der Waals surface area contributed by atoms with E-state index in [-0.39, 0.29) is 62.1 Å². The van der Waals surface area contributed by atoms with E-state index in [1.165, 1.54) is 0 Å². The number of carbonyl (C=O) groups excluding carboxylic acids is 6. The molecule has 1 fully saturated rings. The lowest BCUT2D eigenvalue weighted by atomic mass is 9.76. The Morgan fingerprint density at radius 1 is 0.794 bits per heavy atom. The van der Waals surface area contributed by atoms with Gasteiger partial charge < -0.3 is 9.47 Å². The monoisotopic (exact) mass is 466 g/mol. The van der Waals surface area contributed by atoms with Gasteiger partial charge in [0, 0.05) is 12.2 Å². The highest BCUT2D eigenvalue weighted by molar-refractivity contribution is 6.21. The molecule has 2 unspecified atom stereocenters. The molecule has 0 N–H and O–H groups in total. The molecule has 0 saturated carbocycles. The molecule has 2 aliphatic heterocycles. The van der Waals surface area contributed by atoms with Crippen LogP contribution in [0.1, 0.15) is 31.8 Å². The molecule has 4 amide bonds. The number of carbonyl (C=O) groups is 6. The number of ether oxygens (including phenoxy) is 2. The zero-order valence-corrected chi connectivity index (χ0v) is 18.3. The first-order valence-electron chi connectivity index (χ1n) is 10.7. The van der Waals surface area contributed by atoms with E-state index >= 15 is 0 Å². The molecule has 176 valence electrons. The molecule has 10 nitrogen and oxygen atoms in total. The highest BCUT2D eigenvalue weighted by Gasteiger charge is 2.50. The normalized spacial score (nSPS) is 20.6. The van der Waals surface area contributed by atoms with Crippen molar-refractivity contribution in [2.45, 2.75) is 12.8 Å². The maximum absolute atomic E-state index is 12.9. The van der Waals surface area contributed by atoms with Crippen molar-refractivity contribution in [3.05, 3.63) is 59.7 Å². The molecular formula is C24H22N2O8. The van der Waals surface area contributed by atoms with Gasteiger partial charge in [-0.05, 0) is 36.1 Å². The fourth-order valence-electron chi connectivity index (χ4n) is 4.61. The Kier molecular flexibility index (Phi) is 6.14. The largest absolute Gasteiger partial charge is 0.461 e. The first-order valence-corrected chi connectivity index (χ1v) is 10.7. The second-order valence-corrected chi connectivity index (χ2v) is 8.12. The molecular weight excluding hydrogens is 444 g/mol. The topological polar surface area (TPSA) is 127 Å². The van der Waals surface area contributed by atoms with Gasteiger partial charge in [-0.25, -0.2) is 9.59 Å². The maximum atomic E-state index is 12.9. The third kappa shape index (κ3) is 3.91. The van der Waals surface area contributed by atoms with E-state index in [4.69, 9.17) is 9.47 Å². The number of hydrogen-bond acceptors (Lipinski definition) is 8. The van der Waals surface area contributed by atoms with Gasteiger partial charge in [-0.3, -0.25) is 29.0 Å². The van der Waals surface area contributed by atoms with E-state index < -0.39 is 35.6 Å². The predicted molar refractivity (Wildman–Crippen MR) is 115 cm³/mol. The number of nitrogens with zero attached hydrogens (tertiary/aromatic N) is 2. The van der Waals surface area contributed by atoms with Crippen LogP contribution in [0.3, 0.4) is 0 Å². The lowest BCUT2D eigenvalue weighted by Gasteiger charge is -2.24. The van der Waals surface area contributed by atoms with Gasteiger partial charge in [0.2, 0.25) is 11.8 Å². The van der Waals surface area contributed by atoms with Crippen molar-refractivity contribution in [1.29, 1.82) is 0 Å². The van der Waals surface area contributed by atoms with Crippen LogP contribution in [0.25, 0.3) is 0 Å². The van der Waals surface area contributed by atoms with Crippen molar-refractivity contribution in [1.82, 2.24) is 9.80 Å². The minimum absolute atomic E-state index is 0.0422. The van der Waals surface area contributed by atoms with Crippen molar-refractivity contribution in [3.8, 4) is 0 Å². The molecule has 0 aromatic heterocycles. The molecule has 0 bridgehead atoms. The Labute approximate surface area is 194 Å². The summed E-state index contributed by atoms with van der Waals surface area (Å²) in [7, 11) is 0. The third-order valence-corrected chi connectivity index (χ3v) is 6.27. The average molecular weight is 466 g/mol. The number of rotatable bonds is 8. The van der Waals surface area contributed by atoms with Gasteiger partial charge in [0.15, 0.2) is 0 Å². The zero-order chi connectivity index (χ0) is 24.6. The van der Waals surface area contributed by atoms with Crippen molar-refractivity contribution in [2.75, 3.05) is 26.3 Å². The number of hydrogen-bond donors (Lipinski definition) is 0. The number of imide groups is 2. The van der Waals surface area contributed by atoms with Gasteiger partial charge in [0.1, 0.15) is 13.2 Å². The van der Waals surface area contributed by atoms with E-state index in [0.29, 0.717) is 0 Å². The standard InChI is InChI=1S/C24H22N2O8/c1-3-19(27)33-7-5-25-21(29)15-9-13-11-17-18(12-14(13)10-16(15)22(25)30)24(32)26(23(17)31)6-8-34-20(28)4-2/h3-4,9-10,17-18H,1-2,5-8,11-12H2. The Bertz CT molecular complexity index is 1090. The summed E-state index contributed by atoms with van der Waals surface area (Å²) in [5.74, 6) is -4.13. The van der Waals surface area contributed by atoms with Crippen LogP contribution in [-0.4, -0.2) is 71.7 Å². The van der Waals surface area contributed by atoms with E-state index in [1.54, 1.807) is 12.1 Å². The van der Waals surface area contributed by atoms with Crippen molar-refractivity contribution in [3.63, 3.8) is 0 Å². The van der Waals surface area contributed by atoms with Crippen molar-refractivity contribution < 1.29 is 38.2 Å². The molecule has 1 saturated heterocycles. The van der Waals surface area contributed by atoms with E-state index in [1.807, 2.05) is 0 Å². The Morgan fingerprint density at radius 2 is 1.21 bits per heavy atom. The summed E-state index contributed by atoms with van der Waals surface area (Å²) in [6, 6.07) is 3.23. The minimum atomic E-state index is -0.652. The lowest BCUT2D eigenvalue weighted by Crippen LogP contribution is -2.34. The summed E-state index contributed by atoms with van der Waals surface area (Å²) in [4.78, 5) is 75.9. The van der Waals surface area contributed by atoms with Crippen LogP contribution >= 0.6 is 0 Å². The summed E-state index contributed by atoms with van der Waals surface area (Å²) in [6.07, 6.45) is 2.52. The van der Waals surface area contributed by atoms with E-state index in [9.17, 15) is 28.8 Å². The second-order valence-electron chi connectivity index (χ2n) is 8.12. The Hall–Kier alpha value is -4.08. The van der Waals surface area contributed by atoms with Crippen LogP contribution < -0.4 is 0 Å². The number of likely N-dealkylation sites (tertiary alicyclic amines) is 1. The van der Waals surface area contributed by atoms with Crippen molar-refractivity contribution >= 4 is 35.6 Å². The second kappa shape index (κ2) is 9.05. The molecule has 34 heavy (non-hydrogen) atoms. The number of esters is 2. The van der Waals surface area contributed by atoms with Gasteiger partial charge in [0.05, 0.1) is 36.1 Å². The van der Waals surface area contributed by atoms with Crippen LogP contribution in [0, 0.1) is 11.8 Å². The summed E-state index contributed by atoms with van der Waals surface area (Å²) in [5.41, 5.74) is 1.92. The van der Waals surface area contributed by atoms with E-state index in [2.05, 4.69) is 13.2 Å². The van der Waals surface area contributed by atoms with Gasteiger partial charge in [-0.2, -0.15) is 0 Å². The van der Waals surface area contributed by atoms with Crippen LogP contribution in [0.5, 0.6) is 0 Å². The van der Waals surface area contributed by atoms with Crippen LogP contribution in [0.15, 0.2) is 37.4 Å². The summed E-state index contributed by atoms with van der Waals surface area (Å²) >= 11 is 0. The molecule has 3 aliphatic rings. The first-order chi connectivity index (χ1) is 16.3. The molecule has 1 aliphatic carbocycles. The van der Waals surface area contributed by atoms with Crippen LogP contribution in [0.2, 0.25) is 0 Å². The van der Waals surface area contributed by atoms with Gasteiger partial charge in [0.25, 0.3) is 11.8 Å². The van der Waals surface area contributed by atoms with E-state index in [0.717, 1.165) is 33.1 Å². The zero-order valence-electron chi connectivity index (χ0n) is 18.3. The highest BCUT2D eigenvalue weighted by atomic mass is 16.5. The molecule has 0 radical (unpaired) electrons. The molecule has 1 aromatic rings. The predicted octanol–water partition coefficient (Wildman–Crippen LogP) is 0.441. The quantitative estimate of drug-likeness (QED) is 0.307.